The first-order chi connectivity index (χ1) is 14.4. The highest BCUT2D eigenvalue weighted by Gasteiger charge is 2.20. The van der Waals surface area contributed by atoms with E-state index in [1.165, 1.54) is 24.3 Å². The van der Waals surface area contributed by atoms with Crippen LogP contribution in [0.5, 0.6) is 5.75 Å². The maximum Gasteiger partial charge on any atom is 0.283 e. The average molecular weight is 426 g/mol. The van der Waals surface area contributed by atoms with Crippen molar-refractivity contribution in [2.24, 2.45) is 4.40 Å². The third-order valence-corrected chi connectivity index (χ3v) is 5.89. The van der Waals surface area contributed by atoms with E-state index in [2.05, 4.69) is 15.8 Å². The number of hydrogen-bond donors (Lipinski definition) is 1. The van der Waals surface area contributed by atoms with E-state index in [0.717, 1.165) is 18.5 Å². The second kappa shape index (κ2) is 9.41. The van der Waals surface area contributed by atoms with Crippen LogP contribution in [0.4, 0.5) is 5.69 Å². The molecule has 1 amide bonds. The Bertz CT molecular complexity index is 1070. The first-order valence-corrected chi connectivity index (χ1v) is 10.8. The molecule has 1 aliphatic heterocycles. The molecule has 9 heteroatoms. The van der Waals surface area contributed by atoms with Crippen molar-refractivity contribution in [3.05, 3.63) is 54.1 Å². The standard InChI is InChI=1S/C21H22N4O4S/c1-25-14-2-3-20(25)24-30(27,28)19-10-6-17(7-11-19)23-21(26)15-29-18-8-4-16(5-9-18)12-13-22/h4-11H,2-3,12,14-15H2,1H3,(H,23,26)/b24-20+. The summed E-state index contributed by atoms with van der Waals surface area (Å²) in [7, 11) is -1.96. The fourth-order valence-electron chi connectivity index (χ4n) is 2.95. The summed E-state index contributed by atoms with van der Waals surface area (Å²) in [6.45, 7) is 0.600. The van der Waals surface area contributed by atoms with Crippen LogP contribution in [0.3, 0.4) is 0 Å². The monoisotopic (exact) mass is 426 g/mol. The summed E-state index contributed by atoms with van der Waals surface area (Å²) >= 11 is 0. The van der Waals surface area contributed by atoms with E-state index in [1.807, 2.05) is 11.9 Å². The molecular weight excluding hydrogens is 404 g/mol. The molecule has 0 spiro atoms. The van der Waals surface area contributed by atoms with Crippen molar-refractivity contribution in [3.8, 4) is 11.8 Å². The molecule has 0 atom stereocenters. The van der Waals surface area contributed by atoms with Gasteiger partial charge in [0.15, 0.2) is 6.61 Å². The number of likely N-dealkylation sites (tertiary alicyclic amines) is 1. The van der Waals surface area contributed by atoms with Crippen molar-refractivity contribution in [1.82, 2.24) is 4.90 Å². The van der Waals surface area contributed by atoms with Gasteiger partial charge in [0.1, 0.15) is 11.6 Å². The average Bonchev–Trinajstić information content (AvgIpc) is 3.12. The Kier molecular flexibility index (Phi) is 6.69. The summed E-state index contributed by atoms with van der Waals surface area (Å²) in [5, 5.41) is 11.3. The molecule has 0 bridgehead atoms. The quantitative estimate of drug-likeness (QED) is 0.728. The molecule has 0 aliphatic carbocycles. The van der Waals surface area contributed by atoms with Gasteiger partial charge < -0.3 is 15.0 Å². The fraction of sp³-hybridized carbons (Fsp3) is 0.286. The molecule has 156 valence electrons. The Morgan fingerprint density at radius 1 is 1.20 bits per heavy atom. The maximum absolute atomic E-state index is 12.5. The molecule has 8 nitrogen and oxygen atoms in total. The van der Waals surface area contributed by atoms with E-state index in [0.29, 0.717) is 30.1 Å². The summed E-state index contributed by atoms with van der Waals surface area (Å²) in [6.07, 6.45) is 1.85. The third kappa shape index (κ3) is 5.58. The second-order valence-electron chi connectivity index (χ2n) is 6.85. The molecule has 3 rings (SSSR count). The minimum absolute atomic E-state index is 0.0713. The van der Waals surface area contributed by atoms with Gasteiger partial charge in [0.05, 0.1) is 17.4 Å². The van der Waals surface area contributed by atoms with E-state index in [-0.39, 0.29) is 17.4 Å². The van der Waals surface area contributed by atoms with Crippen LogP contribution < -0.4 is 10.1 Å². The Balaban J connectivity index is 1.56. The lowest BCUT2D eigenvalue weighted by molar-refractivity contribution is -0.118. The van der Waals surface area contributed by atoms with Gasteiger partial charge in [-0.15, -0.1) is 4.40 Å². The molecule has 1 N–H and O–H groups in total. The molecule has 0 radical (unpaired) electrons. The molecule has 1 saturated heterocycles. The van der Waals surface area contributed by atoms with Gasteiger partial charge in [0, 0.05) is 25.7 Å². The topological polar surface area (TPSA) is 112 Å². The molecule has 1 fully saturated rings. The van der Waals surface area contributed by atoms with Crippen molar-refractivity contribution >= 4 is 27.5 Å². The highest BCUT2D eigenvalue weighted by atomic mass is 32.2. The van der Waals surface area contributed by atoms with Gasteiger partial charge in [-0.05, 0) is 48.4 Å². The van der Waals surface area contributed by atoms with Crippen molar-refractivity contribution in [2.75, 3.05) is 25.5 Å². The van der Waals surface area contributed by atoms with Gasteiger partial charge in [0.25, 0.3) is 15.9 Å². The number of benzene rings is 2. The highest BCUT2D eigenvalue weighted by Crippen LogP contribution is 2.19. The number of nitrogens with zero attached hydrogens (tertiary/aromatic N) is 3. The largest absolute Gasteiger partial charge is 0.484 e. The SMILES string of the molecule is CN1CCC/C1=N\S(=O)(=O)c1ccc(NC(=O)COc2ccc(CC#N)cc2)cc1. The second-order valence-corrected chi connectivity index (χ2v) is 8.45. The van der Waals surface area contributed by atoms with E-state index < -0.39 is 10.0 Å². The number of sulfonamides is 1. The summed E-state index contributed by atoms with van der Waals surface area (Å²) in [6, 6.07) is 14.8. The van der Waals surface area contributed by atoms with Gasteiger partial charge in [0.2, 0.25) is 0 Å². The zero-order chi connectivity index (χ0) is 21.6. The molecule has 1 aliphatic rings. The lowest BCUT2D eigenvalue weighted by atomic mass is 10.2. The third-order valence-electron chi connectivity index (χ3n) is 4.57. The van der Waals surface area contributed by atoms with E-state index in [1.54, 1.807) is 24.3 Å². The highest BCUT2D eigenvalue weighted by molar-refractivity contribution is 7.90. The summed E-state index contributed by atoms with van der Waals surface area (Å²) in [5.74, 6) is 0.703. The maximum atomic E-state index is 12.5. The van der Waals surface area contributed by atoms with Gasteiger partial charge >= 0.3 is 0 Å². The van der Waals surface area contributed by atoms with Crippen LogP contribution in [0.15, 0.2) is 57.8 Å². The molecule has 0 unspecified atom stereocenters. The van der Waals surface area contributed by atoms with Crippen LogP contribution in [0.1, 0.15) is 18.4 Å². The minimum Gasteiger partial charge on any atom is -0.484 e. The van der Waals surface area contributed by atoms with Crippen LogP contribution >= 0.6 is 0 Å². The van der Waals surface area contributed by atoms with Crippen LogP contribution in [0.25, 0.3) is 0 Å². The number of rotatable bonds is 7. The predicted octanol–water partition coefficient (Wildman–Crippen LogP) is 2.58. The number of anilines is 1. The van der Waals surface area contributed by atoms with Gasteiger partial charge in [-0.1, -0.05) is 12.1 Å². The number of amides is 1. The lowest BCUT2D eigenvalue weighted by Gasteiger charge is -2.11. The number of hydrogen-bond acceptors (Lipinski definition) is 5. The van der Waals surface area contributed by atoms with Crippen LogP contribution in [0.2, 0.25) is 0 Å². The minimum atomic E-state index is -3.79. The lowest BCUT2D eigenvalue weighted by Crippen LogP contribution is -2.20. The Morgan fingerprint density at radius 2 is 1.90 bits per heavy atom. The number of amidine groups is 1. The molecule has 2 aromatic carbocycles. The van der Waals surface area contributed by atoms with Gasteiger partial charge in [-0.25, -0.2) is 0 Å². The van der Waals surface area contributed by atoms with Crippen molar-refractivity contribution in [2.45, 2.75) is 24.2 Å². The molecule has 1 heterocycles. The summed E-state index contributed by atoms with van der Waals surface area (Å²) < 4.78 is 34.2. The summed E-state index contributed by atoms with van der Waals surface area (Å²) in [5.41, 5.74) is 1.33. The normalized spacial score (nSPS) is 15.1. The zero-order valence-electron chi connectivity index (χ0n) is 16.5. The van der Waals surface area contributed by atoms with E-state index in [9.17, 15) is 13.2 Å². The van der Waals surface area contributed by atoms with Crippen molar-refractivity contribution < 1.29 is 17.9 Å². The Morgan fingerprint density at radius 3 is 2.50 bits per heavy atom. The first kappa shape index (κ1) is 21.3. The number of nitrogens with one attached hydrogen (secondary N) is 1. The molecular formula is C21H22N4O4S. The first-order valence-electron chi connectivity index (χ1n) is 9.41. The zero-order valence-corrected chi connectivity index (χ0v) is 17.4. The van der Waals surface area contributed by atoms with Gasteiger partial charge in [-0.3, -0.25) is 4.79 Å². The predicted molar refractivity (Wildman–Crippen MR) is 113 cm³/mol. The molecule has 2 aromatic rings. The van der Waals surface area contributed by atoms with Crippen LogP contribution in [-0.2, 0) is 21.2 Å². The van der Waals surface area contributed by atoms with Gasteiger partial charge in [-0.2, -0.15) is 13.7 Å². The Labute approximate surface area is 175 Å². The van der Waals surface area contributed by atoms with E-state index in [4.69, 9.17) is 10.00 Å². The number of carbonyl (C=O) groups excluding carboxylic acids is 1. The molecule has 0 saturated carbocycles. The van der Waals surface area contributed by atoms with Crippen LogP contribution in [0, 0.1) is 11.3 Å². The van der Waals surface area contributed by atoms with Crippen LogP contribution in [-0.4, -0.2) is 45.3 Å². The smallest absolute Gasteiger partial charge is 0.283 e. The number of nitriles is 1. The van der Waals surface area contributed by atoms with Crippen molar-refractivity contribution in [3.63, 3.8) is 0 Å². The molecule has 0 aromatic heterocycles. The van der Waals surface area contributed by atoms with E-state index >= 15 is 0 Å². The molecule has 30 heavy (non-hydrogen) atoms. The summed E-state index contributed by atoms with van der Waals surface area (Å²) in [4.78, 5) is 14.0. The number of ether oxygens (including phenoxy) is 1. The Hall–Kier alpha value is -3.38. The fourth-order valence-corrected chi connectivity index (χ4v) is 4.05. The number of carbonyl (C=O) groups is 1. The van der Waals surface area contributed by atoms with Crippen molar-refractivity contribution in [1.29, 1.82) is 5.26 Å².